The van der Waals surface area contributed by atoms with E-state index in [1.165, 1.54) is 18.4 Å². The van der Waals surface area contributed by atoms with Crippen molar-refractivity contribution in [2.75, 3.05) is 37.1 Å². The van der Waals surface area contributed by atoms with E-state index in [-0.39, 0.29) is 49.2 Å². The molecule has 0 spiro atoms. The van der Waals surface area contributed by atoms with Crippen LogP contribution in [0.5, 0.6) is 5.75 Å². The van der Waals surface area contributed by atoms with E-state index in [1.54, 1.807) is 35.2 Å². The Morgan fingerprint density at radius 3 is 2.61 bits per heavy atom. The normalized spacial score (nSPS) is 12.8. The number of hydrogen-bond donors (Lipinski definition) is 3. The van der Waals surface area contributed by atoms with Gasteiger partial charge in [-0.1, -0.05) is 12.2 Å². The number of primary amides is 1. The highest BCUT2D eigenvalue weighted by atomic mass is 32.2. The van der Waals surface area contributed by atoms with E-state index >= 15 is 0 Å². The van der Waals surface area contributed by atoms with Crippen LogP contribution in [0, 0.1) is 6.92 Å². The maximum atomic E-state index is 13.2. The largest absolute Gasteiger partial charge is 0.491 e. The summed E-state index contributed by atoms with van der Waals surface area (Å²) in [6.45, 7) is 6.62. The molecule has 0 aliphatic carbocycles. The van der Waals surface area contributed by atoms with Crippen LogP contribution in [0.4, 0.5) is 10.7 Å². The molecule has 0 bridgehead atoms. The minimum atomic E-state index is -2.83. The number of allylic oxidation sites excluding steroid dienone is 1. The number of imidazole rings is 1. The Bertz CT molecular complexity index is 1580. The van der Waals surface area contributed by atoms with Crippen molar-refractivity contribution < 1.29 is 28.1 Å². The highest BCUT2D eigenvalue weighted by Gasteiger charge is 2.21. The number of benzene rings is 1. The predicted octanol–water partition coefficient (Wildman–Crippen LogP) is 2.45. The summed E-state index contributed by atoms with van der Waals surface area (Å²) >= 11 is 0. The molecule has 0 radical (unpaired) electrons. The quantitative estimate of drug-likeness (QED) is 0.198. The van der Waals surface area contributed by atoms with Crippen LogP contribution in [0.15, 0.2) is 34.7 Å². The highest BCUT2D eigenvalue weighted by Crippen LogP contribution is 2.31. The maximum Gasteiger partial charge on any atom is 0.441 e. The second-order valence-corrected chi connectivity index (χ2v) is 11.6. The number of fused-ring (bicyclic) bond motifs is 1. The van der Waals surface area contributed by atoms with Gasteiger partial charge in [0.05, 0.1) is 34.2 Å². The maximum absolute atomic E-state index is 13.2. The fourth-order valence-corrected chi connectivity index (χ4v) is 5.14. The molecule has 2 aromatic heterocycles. The van der Waals surface area contributed by atoms with Crippen molar-refractivity contribution in [3.8, 4) is 5.75 Å². The molecule has 15 heteroatoms. The molecule has 0 fully saturated rings. The Hall–Kier alpha value is -4.24. The number of hydrogen-bond acceptors (Lipinski definition) is 9. The van der Waals surface area contributed by atoms with E-state index in [0.29, 0.717) is 35.5 Å². The summed E-state index contributed by atoms with van der Waals surface area (Å²) in [5.41, 5.74) is 13.3. The number of nitrogens with two attached hydrogens (primary N) is 2. The van der Waals surface area contributed by atoms with Crippen molar-refractivity contribution in [2.45, 2.75) is 40.3 Å². The molecule has 3 rings (SSSR count). The van der Waals surface area contributed by atoms with Gasteiger partial charge in [0, 0.05) is 37.2 Å². The van der Waals surface area contributed by atoms with Crippen molar-refractivity contribution >= 4 is 44.6 Å². The van der Waals surface area contributed by atoms with Gasteiger partial charge in [-0.05, 0) is 45.4 Å². The number of carbonyl (C=O) groups excluding carboxylic acids is 3. The summed E-state index contributed by atoms with van der Waals surface area (Å²) in [5, 5.41) is 7.17. The number of amides is 3. The molecule has 1 unspecified atom stereocenters. The molecule has 3 aromatic rings. The standard InChI is InChI=1S/C26H36N8O6S/c1-5-34-20(14-17(3)31-34)24(36)30-25-29-19-15-18(23(28)35)16-21(22(19)33(25)11-8-7-10-27)40-12-9-13-41(4,38)32-26(37)39-6-2/h7-8,14-16H,5-6,9-13,27H2,1-4H3,(H2,28,35)(H,29,30,36)/b8-7+. The van der Waals surface area contributed by atoms with Gasteiger partial charge in [0.15, 0.2) is 0 Å². The summed E-state index contributed by atoms with van der Waals surface area (Å²) in [5.74, 6) is -0.525. The number of aromatic nitrogens is 4. The Morgan fingerprint density at radius 2 is 1.95 bits per heavy atom. The molecule has 0 saturated carbocycles. The van der Waals surface area contributed by atoms with Crippen LogP contribution in [0.3, 0.4) is 0 Å². The van der Waals surface area contributed by atoms with Crippen molar-refractivity contribution in [2.24, 2.45) is 15.8 Å². The summed E-state index contributed by atoms with van der Waals surface area (Å²) in [7, 11) is -2.83. The Labute approximate surface area is 238 Å². The van der Waals surface area contributed by atoms with Gasteiger partial charge in [0.25, 0.3) is 5.91 Å². The third kappa shape index (κ3) is 8.14. The lowest BCUT2D eigenvalue weighted by atomic mass is 10.1. The van der Waals surface area contributed by atoms with Gasteiger partial charge < -0.3 is 25.5 Å². The Morgan fingerprint density at radius 1 is 1.20 bits per heavy atom. The van der Waals surface area contributed by atoms with Gasteiger partial charge in [0.1, 0.15) is 17.0 Å². The molecule has 0 aliphatic rings. The van der Waals surface area contributed by atoms with Gasteiger partial charge in [-0.2, -0.15) is 5.10 Å². The molecule has 0 saturated heterocycles. The molecule has 41 heavy (non-hydrogen) atoms. The van der Waals surface area contributed by atoms with E-state index in [4.69, 9.17) is 20.9 Å². The third-order valence-corrected chi connectivity index (χ3v) is 7.38. The van der Waals surface area contributed by atoms with Gasteiger partial charge >= 0.3 is 6.09 Å². The zero-order valence-electron chi connectivity index (χ0n) is 23.6. The SMILES string of the molecule is CCOC(=O)N=S(C)(=O)CCCOc1cc(C(N)=O)cc2nc(NC(=O)c3cc(C)nn3CC)n(C/C=C/CN)c12. The average molecular weight is 589 g/mol. The van der Waals surface area contributed by atoms with E-state index in [2.05, 4.69) is 19.8 Å². The van der Waals surface area contributed by atoms with Crippen molar-refractivity contribution in [1.82, 2.24) is 19.3 Å². The number of aryl methyl sites for hydroxylation is 2. The van der Waals surface area contributed by atoms with Crippen LogP contribution < -0.4 is 21.5 Å². The number of rotatable bonds is 13. The van der Waals surface area contributed by atoms with Crippen molar-refractivity contribution in [3.63, 3.8) is 0 Å². The van der Waals surface area contributed by atoms with E-state index in [1.807, 2.05) is 13.0 Å². The fourth-order valence-electron chi connectivity index (χ4n) is 4.03. The number of anilines is 1. The van der Waals surface area contributed by atoms with Gasteiger partial charge in [0.2, 0.25) is 11.9 Å². The molecule has 222 valence electrons. The fraction of sp³-hybridized carbons (Fsp3) is 0.423. The molecule has 14 nitrogen and oxygen atoms in total. The summed E-state index contributed by atoms with van der Waals surface area (Å²) < 4.78 is 30.3. The van der Waals surface area contributed by atoms with Crippen molar-refractivity contribution in [3.05, 3.63) is 47.3 Å². The van der Waals surface area contributed by atoms with Crippen LogP contribution in [0.2, 0.25) is 0 Å². The molecule has 1 aromatic carbocycles. The molecular formula is C26H36N8O6S. The number of carbonyl (C=O) groups is 3. The van der Waals surface area contributed by atoms with E-state index in [0.717, 1.165) is 0 Å². The zero-order chi connectivity index (χ0) is 30.2. The monoisotopic (exact) mass is 588 g/mol. The minimum absolute atomic E-state index is 0.0782. The summed E-state index contributed by atoms with van der Waals surface area (Å²) in [6, 6.07) is 4.68. The molecule has 0 aliphatic heterocycles. The predicted molar refractivity (Wildman–Crippen MR) is 156 cm³/mol. The minimum Gasteiger partial charge on any atom is -0.491 e. The van der Waals surface area contributed by atoms with E-state index in [9.17, 15) is 18.6 Å². The molecule has 5 N–H and O–H groups in total. The van der Waals surface area contributed by atoms with Crippen LogP contribution in [0.25, 0.3) is 11.0 Å². The first kappa shape index (κ1) is 31.3. The van der Waals surface area contributed by atoms with Gasteiger partial charge in [-0.25, -0.2) is 14.0 Å². The molecule has 3 amide bonds. The molecular weight excluding hydrogens is 552 g/mol. The number of nitrogens with zero attached hydrogens (tertiary/aromatic N) is 5. The van der Waals surface area contributed by atoms with Crippen LogP contribution in [-0.2, 0) is 27.6 Å². The van der Waals surface area contributed by atoms with Gasteiger partial charge in [-0.3, -0.25) is 19.6 Å². The first-order chi connectivity index (χ1) is 19.5. The van der Waals surface area contributed by atoms with Crippen LogP contribution >= 0.6 is 0 Å². The topological polar surface area (TPSA) is 199 Å². The van der Waals surface area contributed by atoms with Crippen LogP contribution in [0.1, 0.15) is 46.8 Å². The lowest BCUT2D eigenvalue weighted by Crippen LogP contribution is -2.20. The lowest BCUT2D eigenvalue weighted by Gasteiger charge is -2.13. The van der Waals surface area contributed by atoms with Crippen molar-refractivity contribution in [1.29, 1.82) is 0 Å². The second kappa shape index (κ2) is 13.9. The first-order valence-electron chi connectivity index (χ1n) is 13.0. The third-order valence-electron chi connectivity index (χ3n) is 5.80. The van der Waals surface area contributed by atoms with Gasteiger partial charge in [-0.15, -0.1) is 4.36 Å². The molecule has 2 heterocycles. The molecule has 1 atom stereocenters. The second-order valence-electron chi connectivity index (χ2n) is 9.06. The highest BCUT2D eigenvalue weighted by molar-refractivity contribution is 7.93. The smallest absolute Gasteiger partial charge is 0.441 e. The summed E-state index contributed by atoms with van der Waals surface area (Å²) in [6.07, 6.45) is 4.35. The number of ether oxygens (including phenoxy) is 2. The van der Waals surface area contributed by atoms with Crippen LogP contribution in [-0.4, -0.2) is 73.2 Å². The van der Waals surface area contributed by atoms with E-state index < -0.39 is 27.6 Å². The number of nitrogens with one attached hydrogen (secondary N) is 1. The zero-order valence-corrected chi connectivity index (χ0v) is 24.4. The Balaban J connectivity index is 1.98. The Kier molecular flexibility index (Phi) is 10.6. The summed E-state index contributed by atoms with van der Waals surface area (Å²) in [4.78, 5) is 41.5. The average Bonchev–Trinajstić information content (AvgIpc) is 3.46. The first-order valence-corrected chi connectivity index (χ1v) is 15.1. The lowest BCUT2D eigenvalue weighted by molar-refractivity contribution is 0.0995.